The van der Waals surface area contributed by atoms with Crippen molar-refractivity contribution < 1.29 is 4.79 Å². The highest BCUT2D eigenvalue weighted by molar-refractivity contribution is 5.75. The first kappa shape index (κ1) is 10.1. The maximum Gasteiger partial charge on any atom is 0.131 e. The molecule has 0 atom stereocenters. The SMILES string of the molecule is CC(=O)CCN(C)CCC#N. The van der Waals surface area contributed by atoms with E-state index in [0.717, 1.165) is 13.1 Å². The van der Waals surface area contributed by atoms with E-state index in [1.54, 1.807) is 6.92 Å². The van der Waals surface area contributed by atoms with Gasteiger partial charge in [0.25, 0.3) is 0 Å². The van der Waals surface area contributed by atoms with Crippen LogP contribution in [0.2, 0.25) is 0 Å². The van der Waals surface area contributed by atoms with Gasteiger partial charge in [-0.2, -0.15) is 5.26 Å². The fourth-order valence-corrected chi connectivity index (χ4v) is 0.701. The van der Waals surface area contributed by atoms with Crippen LogP contribution < -0.4 is 0 Å². The average Bonchev–Trinajstić information content (AvgIpc) is 1.97. The Hall–Kier alpha value is -0.880. The molecule has 0 aromatic rings. The number of nitrogens with zero attached hydrogens (tertiary/aromatic N) is 2. The minimum absolute atomic E-state index is 0.203. The summed E-state index contributed by atoms with van der Waals surface area (Å²) in [6.07, 6.45) is 1.12. The van der Waals surface area contributed by atoms with Crippen LogP contribution in [-0.4, -0.2) is 30.8 Å². The van der Waals surface area contributed by atoms with Crippen molar-refractivity contribution in [2.24, 2.45) is 0 Å². The molecule has 0 N–H and O–H groups in total. The number of ketones is 1. The second-order valence-electron chi connectivity index (χ2n) is 2.66. The molecule has 0 heterocycles. The molecular formula is C8H14N2O. The van der Waals surface area contributed by atoms with Gasteiger partial charge in [-0.3, -0.25) is 4.79 Å². The normalized spacial score (nSPS) is 9.64. The molecule has 62 valence electrons. The lowest BCUT2D eigenvalue weighted by Crippen LogP contribution is -2.22. The van der Waals surface area contributed by atoms with Crippen molar-refractivity contribution in [2.45, 2.75) is 19.8 Å². The predicted molar refractivity (Wildman–Crippen MR) is 43.0 cm³/mol. The summed E-state index contributed by atoms with van der Waals surface area (Å²) < 4.78 is 0. The molecule has 0 radical (unpaired) electrons. The lowest BCUT2D eigenvalue weighted by molar-refractivity contribution is -0.117. The fourth-order valence-electron chi connectivity index (χ4n) is 0.701. The molecule has 3 nitrogen and oxygen atoms in total. The summed E-state index contributed by atoms with van der Waals surface area (Å²) in [5, 5.41) is 8.25. The van der Waals surface area contributed by atoms with Crippen molar-refractivity contribution >= 4 is 5.78 Å². The highest BCUT2D eigenvalue weighted by atomic mass is 16.1. The number of Topliss-reactive ketones (excluding diaryl/α,β-unsaturated/α-hetero) is 1. The van der Waals surface area contributed by atoms with E-state index in [1.807, 2.05) is 11.9 Å². The molecule has 0 rings (SSSR count). The van der Waals surface area contributed by atoms with Crippen molar-refractivity contribution in [2.75, 3.05) is 20.1 Å². The Kier molecular flexibility index (Phi) is 5.40. The molecule has 0 aliphatic rings. The number of carbonyl (C=O) groups is 1. The third-order valence-electron chi connectivity index (χ3n) is 1.45. The van der Waals surface area contributed by atoms with Crippen LogP contribution in [0, 0.1) is 11.3 Å². The quantitative estimate of drug-likeness (QED) is 0.588. The second-order valence-corrected chi connectivity index (χ2v) is 2.66. The Morgan fingerprint density at radius 2 is 2.18 bits per heavy atom. The number of nitriles is 1. The van der Waals surface area contributed by atoms with Crippen LogP contribution >= 0.6 is 0 Å². The predicted octanol–water partition coefficient (Wildman–Crippen LogP) is 0.811. The smallest absolute Gasteiger partial charge is 0.131 e. The second kappa shape index (κ2) is 5.87. The minimum Gasteiger partial charge on any atom is -0.305 e. The maximum absolute atomic E-state index is 10.5. The van der Waals surface area contributed by atoms with Gasteiger partial charge in [0.1, 0.15) is 5.78 Å². The number of hydrogen-bond donors (Lipinski definition) is 0. The van der Waals surface area contributed by atoms with Gasteiger partial charge in [-0.05, 0) is 14.0 Å². The summed E-state index contributed by atoms with van der Waals surface area (Å²) in [6.45, 7) is 3.10. The van der Waals surface area contributed by atoms with Gasteiger partial charge in [-0.25, -0.2) is 0 Å². The number of carbonyl (C=O) groups excluding carboxylic acids is 1. The Labute approximate surface area is 67.6 Å². The van der Waals surface area contributed by atoms with Gasteiger partial charge < -0.3 is 4.90 Å². The maximum atomic E-state index is 10.5. The number of hydrogen-bond acceptors (Lipinski definition) is 3. The van der Waals surface area contributed by atoms with Crippen molar-refractivity contribution in [1.29, 1.82) is 5.26 Å². The lowest BCUT2D eigenvalue weighted by Gasteiger charge is -2.12. The molecule has 0 unspecified atom stereocenters. The molecular weight excluding hydrogens is 140 g/mol. The van der Waals surface area contributed by atoms with Gasteiger partial charge in [-0.1, -0.05) is 0 Å². The van der Waals surface area contributed by atoms with Crippen molar-refractivity contribution in [3.63, 3.8) is 0 Å². The zero-order valence-corrected chi connectivity index (χ0v) is 7.13. The highest BCUT2D eigenvalue weighted by Crippen LogP contribution is 1.89. The first-order valence-electron chi connectivity index (χ1n) is 3.71. The minimum atomic E-state index is 0.203. The third-order valence-corrected chi connectivity index (χ3v) is 1.45. The summed E-state index contributed by atoms with van der Waals surface area (Å²) >= 11 is 0. The van der Waals surface area contributed by atoms with E-state index in [1.165, 1.54) is 0 Å². The van der Waals surface area contributed by atoms with Crippen LogP contribution in [0.15, 0.2) is 0 Å². The largest absolute Gasteiger partial charge is 0.305 e. The lowest BCUT2D eigenvalue weighted by atomic mass is 10.3. The molecule has 0 amide bonds. The van der Waals surface area contributed by atoms with E-state index in [2.05, 4.69) is 6.07 Å². The first-order chi connectivity index (χ1) is 5.16. The van der Waals surface area contributed by atoms with Crippen LogP contribution in [0.1, 0.15) is 19.8 Å². The summed E-state index contributed by atoms with van der Waals surface area (Å²) in [5.74, 6) is 0.203. The Morgan fingerprint density at radius 1 is 1.55 bits per heavy atom. The molecule has 0 aliphatic heterocycles. The summed E-state index contributed by atoms with van der Waals surface area (Å²) in [6, 6.07) is 2.06. The molecule has 0 aliphatic carbocycles. The van der Waals surface area contributed by atoms with Gasteiger partial charge in [0, 0.05) is 25.9 Å². The van der Waals surface area contributed by atoms with Gasteiger partial charge >= 0.3 is 0 Å². The molecule has 0 aromatic heterocycles. The van der Waals surface area contributed by atoms with E-state index in [-0.39, 0.29) is 5.78 Å². The molecule has 3 heteroatoms. The van der Waals surface area contributed by atoms with Crippen molar-refractivity contribution in [3.05, 3.63) is 0 Å². The van der Waals surface area contributed by atoms with Crippen LogP contribution in [0.3, 0.4) is 0 Å². The first-order valence-corrected chi connectivity index (χ1v) is 3.71. The molecule has 0 spiro atoms. The molecule has 0 aromatic carbocycles. The molecule has 0 saturated carbocycles. The zero-order valence-electron chi connectivity index (χ0n) is 7.13. The fraction of sp³-hybridized carbons (Fsp3) is 0.750. The topological polar surface area (TPSA) is 44.1 Å². The van der Waals surface area contributed by atoms with Crippen molar-refractivity contribution in [1.82, 2.24) is 4.90 Å². The van der Waals surface area contributed by atoms with Gasteiger partial charge in [-0.15, -0.1) is 0 Å². The van der Waals surface area contributed by atoms with Crippen LogP contribution in [0.5, 0.6) is 0 Å². The van der Waals surface area contributed by atoms with Gasteiger partial charge in [0.05, 0.1) is 6.07 Å². The molecule has 0 saturated heterocycles. The monoisotopic (exact) mass is 154 g/mol. The van der Waals surface area contributed by atoms with E-state index < -0.39 is 0 Å². The summed E-state index contributed by atoms with van der Waals surface area (Å²) in [4.78, 5) is 12.5. The van der Waals surface area contributed by atoms with Gasteiger partial charge in [0.2, 0.25) is 0 Å². The Morgan fingerprint density at radius 3 is 2.64 bits per heavy atom. The Bertz CT molecular complexity index is 160. The number of rotatable bonds is 5. The summed E-state index contributed by atoms with van der Waals surface area (Å²) in [7, 11) is 1.92. The van der Waals surface area contributed by atoms with E-state index in [0.29, 0.717) is 12.8 Å². The Balaban J connectivity index is 3.31. The van der Waals surface area contributed by atoms with Crippen LogP contribution in [0.4, 0.5) is 0 Å². The molecule has 0 fully saturated rings. The highest BCUT2D eigenvalue weighted by Gasteiger charge is 1.98. The zero-order chi connectivity index (χ0) is 8.69. The molecule has 0 bridgehead atoms. The van der Waals surface area contributed by atoms with E-state index in [4.69, 9.17) is 5.26 Å². The molecule has 11 heavy (non-hydrogen) atoms. The van der Waals surface area contributed by atoms with E-state index >= 15 is 0 Å². The standard InChI is InChI=1S/C8H14N2O/c1-8(11)4-7-10(2)6-3-5-9/h3-4,6-7H2,1-2H3. The third kappa shape index (κ3) is 7.01. The van der Waals surface area contributed by atoms with Crippen LogP contribution in [0.25, 0.3) is 0 Å². The van der Waals surface area contributed by atoms with Crippen molar-refractivity contribution in [3.8, 4) is 6.07 Å². The van der Waals surface area contributed by atoms with E-state index in [9.17, 15) is 4.79 Å². The van der Waals surface area contributed by atoms with Crippen LogP contribution in [-0.2, 0) is 4.79 Å². The summed E-state index contributed by atoms with van der Waals surface area (Å²) in [5.41, 5.74) is 0. The van der Waals surface area contributed by atoms with Gasteiger partial charge in [0.15, 0.2) is 0 Å². The average molecular weight is 154 g/mol.